The minimum Gasteiger partial charge on any atom is -0.376 e. The van der Waals surface area contributed by atoms with Gasteiger partial charge in [0.1, 0.15) is 8.60 Å². The lowest BCUT2D eigenvalue weighted by Crippen LogP contribution is -2.11. The summed E-state index contributed by atoms with van der Waals surface area (Å²) in [4.78, 5) is 4.05. The third-order valence-electron chi connectivity index (χ3n) is 2.03. The van der Waals surface area contributed by atoms with E-state index in [1.165, 1.54) is 6.07 Å². The van der Waals surface area contributed by atoms with Crippen LogP contribution < -0.4 is 4.18 Å². The van der Waals surface area contributed by atoms with Crippen molar-refractivity contribution in [3.63, 3.8) is 0 Å². The number of halogens is 2. The molecule has 2 aromatic rings. The Kier molecular flexibility index (Phi) is 4.23. The Morgan fingerprint density at radius 2 is 1.89 bits per heavy atom. The second-order valence-corrected chi connectivity index (χ2v) is 6.65. The summed E-state index contributed by atoms with van der Waals surface area (Å²) in [6.45, 7) is 0. The highest BCUT2D eigenvalue weighted by Gasteiger charge is 2.20. The first-order valence-corrected chi connectivity index (χ1v) is 8.08. The van der Waals surface area contributed by atoms with E-state index in [-0.39, 0.29) is 10.6 Å². The highest BCUT2D eigenvalue weighted by Crippen LogP contribution is 2.26. The summed E-state index contributed by atoms with van der Waals surface area (Å²) in [6, 6.07) is 9.66. The number of rotatable bonds is 3. The molecule has 0 aliphatic carbocycles. The first-order chi connectivity index (χ1) is 8.50. The molecule has 0 aliphatic heterocycles. The van der Waals surface area contributed by atoms with Crippen LogP contribution in [0.15, 0.2) is 52.0 Å². The molecular weight excluding hydrogens is 433 g/mol. The predicted octanol–water partition coefficient (Wildman–Crippen LogP) is 3.22. The Balaban J connectivity index is 2.40. The highest BCUT2D eigenvalue weighted by atomic mass is 127. The third kappa shape index (κ3) is 3.01. The molecule has 18 heavy (non-hydrogen) atoms. The number of benzene rings is 1. The molecule has 4 nitrogen and oxygen atoms in total. The molecule has 0 N–H and O–H groups in total. The Morgan fingerprint density at radius 3 is 2.56 bits per heavy atom. The lowest BCUT2D eigenvalue weighted by molar-refractivity contribution is 0.482. The van der Waals surface area contributed by atoms with Gasteiger partial charge >= 0.3 is 10.1 Å². The van der Waals surface area contributed by atoms with Gasteiger partial charge in [0.05, 0.1) is 0 Å². The van der Waals surface area contributed by atoms with Gasteiger partial charge in [-0.2, -0.15) is 8.42 Å². The largest absolute Gasteiger partial charge is 0.376 e. The summed E-state index contributed by atoms with van der Waals surface area (Å²) in [5, 5.41) is 0. The molecule has 0 radical (unpaired) electrons. The van der Waals surface area contributed by atoms with Crippen molar-refractivity contribution in [3.8, 4) is 5.75 Å². The second kappa shape index (κ2) is 5.54. The van der Waals surface area contributed by atoms with Gasteiger partial charge in [0.15, 0.2) is 5.75 Å². The first-order valence-electron chi connectivity index (χ1n) is 4.80. The van der Waals surface area contributed by atoms with Gasteiger partial charge in [0.25, 0.3) is 0 Å². The molecule has 7 heteroatoms. The maximum Gasteiger partial charge on any atom is 0.340 e. The van der Waals surface area contributed by atoms with Crippen molar-refractivity contribution in [3.05, 3.63) is 50.8 Å². The van der Waals surface area contributed by atoms with Crippen LogP contribution >= 0.6 is 38.5 Å². The highest BCUT2D eigenvalue weighted by molar-refractivity contribution is 14.1. The fraction of sp³-hybridized carbons (Fsp3) is 0. The average molecular weight is 440 g/mol. The summed E-state index contributed by atoms with van der Waals surface area (Å²) >= 11 is 5.10. The van der Waals surface area contributed by atoms with E-state index < -0.39 is 10.1 Å². The zero-order valence-corrected chi connectivity index (χ0v) is 13.4. The molecular formula is C11H7BrINO3S. The second-order valence-electron chi connectivity index (χ2n) is 3.26. The fourth-order valence-electron chi connectivity index (χ4n) is 1.24. The molecule has 2 rings (SSSR count). The summed E-state index contributed by atoms with van der Waals surface area (Å²) in [5.74, 6) is 0.217. The SMILES string of the molecule is O=S(=O)(Oc1cccnc1I)c1ccccc1Br. The molecule has 1 aromatic carbocycles. The molecule has 0 unspecified atom stereocenters. The van der Waals surface area contributed by atoms with Gasteiger partial charge in [-0.15, -0.1) is 0 Å². The molecule has 0 saturated carbocycles. The Bertz CT molecular complexity index is 675. The molecule has 94 valence electrons. The first kappa shape index (κ1) is 13.8. The molecule has 0 atom stereocenters. The van der Waals surface area contributed by atoms with Gasteiger partial charge in [-0.05, 0) is 62.8 Å². The molecule has 0 amide bonds. The smallest absolute Gasteiger partial charge is 0.340 e. The summed E-state index contributed by atoms with van der Waals surface area (Å²) in [7, 11) is -3.86. The van der Waals surface area contributed by atoms with Gasteiger partial charge < -0.3 is 4.18 Å². The fourth-order valence-corrected chi connectivity index (χ4v) is 3.74. The van der Waals surface area contributed by atoms with Crippen LogP contribution in [0.3, 0.4) is 0 Å². The van der Waals surface area contributed by atoms with Crippen LogP contribution in [0.4, 0.5) is 0 Å². The Hall–Kier alpha value is -0.670. The third-order valence-corrected chi connectivity index (χ3v) is 5.09. The molecule has 0 spiro atoms. The van der Waals surface area contributed by atoms with E-state index in [0.717, 1.165) is 0 Å². The zero-order chi connectivity index (χ0) is 13.2. The maximum absolute atomic E-state index is 12.1. The van der Waals surface area contributed by atoms with E-state index in [1.807, 2.05) is 22.6 Å². The van der Waals surface area contributed by atoms with E-state index in [1.54, 1.807) is 36.5 Å². The number of hydrogen-bond donors (Lipinski definition) is 0. The van der Waals surface area contributed by atoms with Crippen molar-refractivity contribution in [1.29, 1.82) is 0 Å². The normalized spacial score (nSPS) is 11.2. The van der Waals surface area contributed by atoms with Crippen LogP contribution in [0.25, 0.3) is 0 Å². The van der Waals surface area contributed by atoms with E-state index in [2.05, 4.69) is 20.9 Å². The van der Waals surface area contributed by atoms with Gasteiger partial charge in [0, 0.05) is 10.7 Å². The lowest BCUT2D eigenvalue weighted by atomic mass is 10.4. The van der Waals surface area contributed by atoms with Crippen LogP contribution in [-0.4, -0.2) is 13.4 Å². The Morgan fingerprint density at radius 1 is 1.17 bits per heavy atom. The van der Waals surface area contributed by atoms with Gasteiger partial charge in [-0.1, -0.05) is 12.1 Å². The predicted molar refractivity (Wildman–Crippen MR) is 78.9 cm³/mol. The Labute approximate surface area is 127 Å². The van der Waals surface area contributed by atoms with E-state index in [0.29, 0.717) is 8.17 Å². The van der Waals surface area contributed by atoms with Crippen molar-refractivity contribution in [1.82, 2.24) is 4.98 Å². The van der Waals surface area contributed by atoms with E-state index in [9.17, 15) is 8.42 Å². The summed E-state index contributed by atoms with van der Waals surface area (Å²) in [5.41, 5.74) is 0. The minimum atomic E-state index is -3.86. The monoisotopic (exact) mass is 439 g/mol. The van der Waals surface area contributed by atoms with Crippen molar-refractivity contribution in [2.24, 2.45) is 0 Å². The quantitative estimate of drug-likeness (QED) is 0.418. The van der Waals surface area contributed by atoms with Crippen molar-refractivity contribution < 1.29 is 12.6 Å². The van der Waals surface area contributed by atoms with Crippen LogP contribution in [0, 0.1) is 3.70 Å². The number of pyridine rings is 1. The van der Waals surface area contributed by atoms with Crippen molar-refractivity contribution in [2.75, 3.05) is 0 Å². The van der Waals surface area contributed by atoms with Crippen molar-refractivity contribution in [2.45, 2.75) is 4.90 Å². The topological polar surface area (TPSA) is 56.3 Å². The van der Waals surface area contributed by atoms with Gasteiger partial charge in [-0.3, -0.25) is 0 Å². The number of nitrogens with zero attached hydrogens (tertiary/aromatic N) is 1. The molecule has 0 fully saturated rings. The molecule has 1 heterocycles. The summed E-state index contributed by atoms with van der Waals surface area (Å²) in [6.07, 6.45) is 1.57. The van der Waals surface area contributed by atoms with E-state index >= 15 is 0 Å². The standard InChI is InChI=1S/C11H7BrINO3S/c12-8-4-1-2-6-10(8)18(15,16)17-9-5-3-7-14-11(9)13/h1-7H. The van der Waals surface area contributed by atoms with Crippen LogP contribution in [0.1, 0.15) is 0 Å². The lowest BCUT2D eigenvalue weighted by Gasteiger charge is -2.08. The molecule has 0 saturated heterocycles. The van der Waals surface area contributed by atoms with Crippen LogP contribution in [0.5, 0.6) is 5.75 Å². The van der Waals surface area contributed by atoms with Gasteiger partial charge in [-0.25, -0.2) is 4.98 Å². The molecule has 1 aromatic heterocycles. The summed E-state index contributed by atoms with van der Waals surface area (Å²) < 4.78 is 30.2. The number of hydrogen-bond acceptors (Lipinski definition) is 4. The van der Waals surface area contributed by atoms with Crippen LogP contribution in [0.2, 0.25) is 0 Å². The zero-order valence-electron chi connectivity index (χ0n) is 8.88. The van der Waals surface area contributed by atoms with Gasteiger partial charge in [0.2, 0.25) is 0 Å². The molecule has 0 bridgehead atoms. The molecule has 0 aliphatic rings. The maximum atomic E-state index is 12.1. The van der Waals surface area contributed by atoms with E-state index in [4.69, 9.17) is 4.18 Å². The average Bonchev–Trinajstić information content (AvgIpc) is 2.32. The van der Waals surface area contributed by atoms with Crippen LogP contribution in [-0.2, 0) is 10.1 Å². The number of aromatic nitrogens is 1. The minimum absolute atomic E-state index is 0.0876. The van der Waals surface area contributed by atoms with Crippen molar-refractivity contribution >= 4 is 48.6 Å².